The highest BCUT2D eigenvalue weighted by Gasteiger charge is 2.13. The maximum atomic E-state index is 3.52. The normalized spacial score (nSPS) is 17.3. The van der Waals surface area contributed by atoms with Gasteiger partial charge in [-0.15, -0.1) is 11.3 Å². The Labute approximate surface area is 96.9 Å². The fourth-order valence-electron chi connectivity index (χ4n) is 2.44. The molecule has 1 aliphatic carbocycles. The molecule has 0 radical (unpaired) electrons. The third kappa shape index (κ3) is 3.96. The van der Waals surface area contributed by atoms with Crippen LogP contribution in [0.1, 0.15) is 43.4 Å². The van der Waals surface area contributed by atoms with Gasteiger partial charge >= 0.3 is 0 Å². The minimum atomic E-state index is 1.05. The molecular weight excluding hydrogens is 202 g/mol. The lowest BCUT2D eigenvalue weighted by Crippen LogP contribution is -2.14. The third-order valence-corrected chi connectivity index (χ3v) is 4.20. The van der Waals surface area contributed by atoms with Crippen molar-refractivity contribution in [3.63, 3.8) is 0 Å². The van der Waals surface area contributed by atoms with Crippen molar-refractivity contribution in [1.82, 2.24) is 5.32 Å². The van der Waals surface area contributed by atoms with E-state index in [0.29, 0.717) is 0 Å². The number of hydrogen-bond donors (Lipinski definition) is 1. The van der Waals surface area contributed by atoms with Crippen molar-refractivity contribution in [2.45, 2.75) is 45.1 Å². The quantitative estimate of drug-likeness (QED) is 0.723. The standard InChI is InChI=1S/C13H21NS/c1-2-6-12(5-1)7-3-9-14-11-13-8-4-10-15-13/h4,8,10,12,14H,1-3,5-7,9,11H2. The van der Waals surface area contributed by atoms with Crippen LogP contribution in [-0.2, 0) is 6.54 Å². The predicted octanol–water partition coefficient (Wildman–Crippen LogP) is 3.81. The van der Waals surface area contributed by atoms with Crippen LogP contribution in [0.15, 0.2) is 17.5 Å². The largest absolute Gasteiger partial charge is 0.312 e. The summed E-state index contributed by atoms with van der Waals surface area (Å²) in [6.45, 7) is 2.25. The van der Waals surface area contributed by atoms with Crippen LogP contribution in [0.5, 0.6) is 0 Å². The molecule has 0 aromatic carbocycles. The van der Waals surface area contributed by atoms with Crippen LogP contribution in [-0.4, -0.2) is 6.54 Å². The van der Waals surface area contributed by atoms with Gasteiger partial charge < -0.3 is 5.32 Å². The molecular formula is C13H21NS. The first-order chi connectivity index (χ1) is 7.45. The molecule has 0 amide bonds. The highest BCUT2D eigenvalue weighted by atomic mass is 32.1. The van der Waals surface area contributed by atoms with Crippen LogP contribution in [0, 0.1) is 5.92 Å². The molecule has 1 heterocycles. The molecule has 1 aliphatic rings. The zero-order valence-corrected chi connectivity index (χ0v) is 10.2. The second-order valence-electron chi connectivity index (χ2n) is 4.55. The van der Waals surface area contributed by atoms with Crippen LogP contribution < -0.4 is 5.32 Å². The van der Waals surface area contributed by atoms with Gasteiger partial charge in [-0.2, -0.15) is 0 Å². The summed E-state index contributed by atoms with van der Waals surface area (Å²) < 4.78 is 0. The van der Waals surface area contributed by atoms with E-state index in [2.05, 4.69) is 22.8 Å². The lowest BCUT2D eigenvalue weighted by molar-refractivity contribution is 0.471. The summed E-state index contributed by atoms with van der Waals surface area (Å²) in [5, 5.41) is 5.67. The van der Waals surface area contributed by atoms with E-state index < -0.39 is 0 Å². The predicted molar refractivity (Wildman–Crippen MR) is 67.2 cm³/mol. The minimum absolute atomic E-state index is 1.05. The molecule has 0 unspecified atom stereocenters. The summed E-state index contributed by atoms with van der Waals surface area (Å²) in [4.78, 5) is 1.45. The average Bonchev–Trinajstić information content (AvgIpc) is 2.88. The molecule has 1 saturated carbocycles. The molecule has 1 aromatic heterocycles. The van der Waals surface area contributed by atoms with Crippen molar-refractivity contribution in [2.75, 3.05) is 6.54 Å². The number of hydrogen-bond acceptors (Lipinski definition) is 2. The van der Waals surface area contributed by atoms with Crippen molar-refractivity contribution in [3.05, 3.63) is 22.4 Å². The van der Waals surface area contributed by atoms with Gasteiger partial charge in [0.15, 0.2) is 0 Å². The van der Waals surface area contributed by atoms with Gasteiger partial charge in [-0.25, -0.2) is 0 Å². The Hall–Kier alpha value is -0.340. The number of thiophene rings is 1. The van der Waals surface area contributed by atoms with Gasteiger partial charge in [0.2, 0.25) is 0 Å². The zero-order valence-electron chi connectivity index (χ0n) is 9.37. The maximum Gasteiger partial charge on any atom is 0.0299 e. The molecule has 0 atom stereocenters. The Balaban J connectivity index is 1.48. The Kier molecular flexibility index (Phi) is 4.68. The van der Waals surface area contributed by atoms with E-state index in [-0.39, 0.29) is 0 Å². The minimum Gasteiger partial charge on any atom is -0.312 e. The van der Waals surface area contributed by atoms with Crippen LogP contribution >= 0.6 is 11.3 Å². The molecule has 1 fully saturated rings. The Morgan fingerprint density at radius 1 is 1.33 bits per heavy atom. The fraction of sp³-hybridized carbons (Fsp3) is 0.692. The first kappa shape index (κ1) is 11.2. The maximum absolute atomic E-state index is 3.52. The molecule has 2 rings (SSSR count). The number of nitrogens with one attached hydrogen (secondary N) is 1. The first-order valence-corrected chi connectivity index (χ1v) is 7.06. The highest BCUT2D eigenvalue weighted by molar-refractivity contribution is 7.09. The van der Waals surface area contributed by atoms with E-state index in [1.165, 1.54) is 49.9 Å². The van der Waals surface area contributed by atoms with Gasteiger partial charge in [-0.1, -0.05) is 31.7 Å². The van der Waals surface area contributed by atoms with E-state index in [4.69, 9.17) is 0 Å². The van der Waals surface area contributed by atoms with Gasteiger partial charge in [0, 0.05) is 11.4 Å². The molecule has 1 N–H and O–H groups in total. The molecule has 1 aromatic rings. The average molecular weight is 223 g/mol. The van der Waals surface area contributed by atoms with Crippen molar-refractivity contribution < 1.29 is 0 Å². The van der Waals surface area contributed by atoms with Crippen LogP contribution in [0.25, 0.3) is 0 Å². The summed E-state index contributed by atoms with van der Waals surface area (Å²) in [5.74, 6) is 1.05. The van der Waals surface area contributed by atoms with Gasteiger partial charge in [0.25, 0.3) is 0 Å². The molecule has 15 heavy (non-hydrogen) atoms. The van der Waals surface area contributed by atoms with E-state index in [1.807, 2.05) is 11.3 Å². The summed E-state index contributed by atoms with van der Waals surface area (Å²) in [6.07, 6.45) is 8.74. The fourth-order valence-corrected chi connectivity index (χ4v) is 3.11. The monoisotopic (exact) mass is 223 g/mol. The Morgan fingerprint density at radius 3 is 2.93 bits per heavy atom. The van der Waals surface area contributed by atoms with E-state index in [1.54, 1.807) is 0 Å². The van der Waals surface area contributed by atoms with Crippen molar-refractivity contribution in [2.24, 2.45) is 5.92 Å². The molecule has 0 saturated heterocycles. The molecule has 84 valence electrons. The van der Waals surface area contributed by atoms with Crippen molar-refractivity contribution in [1.29, 1.82) is 0 Å². The molecule has 0 aliphatic heterocycles. The number of rotatable bonds is 6. The van der Waals surface area contributed by atoms with E-state index in [9.17, 15) is 0 Å². The summed E-state index contributed by atoms with van der Waals surface area (Å²) in [5.41, 5.74) is 0. The van der Waals surface area contributed by atoms with E-state index >= 15 is 0 Å². The smallest absolute Gasteiger partial charge is 0.0299 e. The topological polar surface area (TPSA) is 12.0 Å². The SMILES string of the molecule is c1csc(CNCCCC2CCCC2)c1. The van der Waals surface area contributed by atoms with Crippen LogP contribution in [0.2, 0.25) is 0 Å². The lowest BCUT2D eigenvalue weighted by Gasteiger charge is -2.08. The molecule has 0 spiro atoms. The van der Waals surface area contributed by atoms with Gasteiger partial charge in [0.1, 0.15) is 0 Å². The zero-order chi connectivity index (χ0) is 10.3. The van der Waals surface area contributed by atoms with Crippen molar-refractivity contribution >= 4 is 11.3 Å². The van der Waals surface area contributed by atoms with Gasteiger partial charge in [-0.05, 0) is 36.8 Å². The van der Waals surface area contributed by atoms with E-state index in [0.717, 1.165) is 12.5 Å². The molecule has 2 heteroatoms. The second-order valence-corrected chi connectivity index (χ2v) is 5.58. The molecule has 1 nitrogen and oxygen atoms in total. The third-order valence-electron chi connectivity index (χ3n) is 3.32. The second kappa shape index (κ2) is 6.29. The van der Waals surface area contributed by atoms with Crippen molar-refractivity contribution in [3.8, 4) is 0 Å². The Bertz CT molecular complexity index is 250. The van der Waals surface area contributed by atoms with Crippen LogP contribution in [0.4, 0.5) is 0 Å². The summed E-state index contributed by atoms with van der Waals surface area (Å²) in [6, 6.07) is 4.33. The highest BCUT2D eigenvalue weighted by Crippen LogP contribution is 2.28. The summed E-state index contributed by atoms with van der Waals surface area (Å²) in [7, 11) is 0. The van der Waals surface area contributed by atoms with Crippen LogP contribution in [0.3, 0.4) is 0 Å². The first-order valence-electron chi connectivity index (χ1n) is 6.18. The molecule has 0 bridgehead atoms. The summed E-state index contributed by atoms with van der Waals surface area (Å²) >= 11 is 1.84. The van der Waals surface area contributed by atoms with Gasteiger partial charge in [-0.3, -0.25) is 0 Å². The Morgan fingerprint density at radius 2 is 2.20 bits per heavy atom. The lowest BCUT2D eigenvalue weighted by atomic mass is 10.0. The van der Waals surface area contributed by atoms with Gasteiger partial charge in [0.05, 0.1) is 0 Å².